The Morgan fingerprint density at radius 1 is 1.03 bits per heavy atom. The van der Waals surface area contributed by atoms with Crippen LogP contribution in [0.5, 0.6) is 5.75 Å². The fraction of sp³-hybridized carbons (Fsp3) is 0.130. The average Bonchev–Trinajstić information content (AvgIpc) is 2.68. The second-order valence-corrected chi connectivity index (χ2v) is 7.22. The summed E-state index contributed by atoms with van der Waals surface area (Å²) in [6.07, 6.45) is 0. The molecular formula is C23H18ClNO4. The third kappa shape index (κ3) is 3.69. The summed E-state index contributed by atoms with van der Waals surface area (Å²) < 4.78 is 11.5. The third-order valence-electron chi connectivity index (χ3n) is 4.69. The maximum absolute atomic E-state index is 12.7. The van der Waals surface area contributed by atoms with E-state index in [9.17, 15) is 9.59 Å². The van der Waals surface area contributed by atoms with Crippen molar-refractivity contribution in [1.29, 1.82) is 0 Å². The Morgan fingerprint density at radius 2 is 1.76 bits per heavy atom. The predicted octanol–water partition coefficient (Wildman–Crippen LogP) is 5.23. The number of halogens is 1. The Balaban J connectivity index is 1.58. The lowest BCUT2D eigenvalue weighted by Gasteiger charge is -2.12. The lowest BCUT2D eigenvalue weighted by molar-refractivity contribution is -0.118. The highest BCUT2D eigenvalue weighted by molar-refractivity contribution is 6.34. The van der Waals surface area contributed by atoms with Gasteiger partial charge < -0.3 is 14.5 Å². The maximum atomic E-state index is 12.7. The van der Waals surface area contributed by atoms with Gasteiger partial charge in [0, 0.05) is 11.8 Å². The van der Waals surface area contributed by atoms with Crippen LogP contribution >= 0.6 is 11.6 Å². The number of anilines is 1. The number of benzene rings is 3. The van der Waals surface area contributed by atoms with E-state index < -0.39 is 0 Å². The summed E-state index contributed by atoms with van der Waals surface area (Å²) in [4.78, 5) is 25.0. The van der Waals surface area contributed by atoms with Gasteiger partial charge >= 0.3 is 0 Å². The molecule has 1 heterocycles. The van der Waals surface area contributed by atoms with Crippen molar-refractivity contribution < 1.29 is 13.9 Å². The smallest absolute Gasteiger partial charge is 0.262 e. The van der Waals surface area contributed by atoms with E-state index in [4.69, 9.17) is 20.8 Å². The number of carbonyl (C=O) groups excluding carboxylic acids is 1. The van der Waals surface area contributed by atoms with Crippen molar-refractivity contribution >= 4 is 45.1 Å². The van der Waals surface area contributed by atoms with Gasteiger partial charge in [-0.05, 0) is 49.2 Å². The van der Waals surface area contributed by atoms with Gasteiger partial charge in [0.05, 0.1) is 15.8 Å². The van der Waals surface area contributed by atoms with Gasteiger partial charge in [-0.2, -0.15) is 0 Å². The Morgan fingerprint density at radius 3 is 2.52 bits per heavy atom. The van der Waals surface area contributed by atoms with Gasteiger partial charge in [-0.15, -0.1) is 0 Å². The molecule has 1 aromatic heterocycles. The molecular weight excluding hydrogens is 390 g/mol. The van der Waals surface area contributed by atoms with E-state index in [2.05, 4.69) is 5.32 Å². The molecule has 0 saturated heterocycles. The van der Waals surface area contributed by atoms with Gasteiger partial charge in [-0.3, -0.25) is 9.59 Å². The summed E-state index contributed by atoms with van der Waals surface area (Å²) in [6, 6.07) is 15.7. The first-order valence-electron chi connectivity index (χ1n) is 9.08. The standard InChI is InChI=1S/C23H18ClNO4/c1-13-5-3-6-14(2)22(13)28-12-20(26)25-15-9-10-16-19(11-15)29-23-17(21(16)27)7-4-8-18(23)24/h3-11H,12H2,1-2H3,(H,25,26). The molecule has 3 aromatic carbocycles. The Kier molecular flexibility index (Phi) is 4.99. The quantitative estimate of drug-likeness (QED) is 0.470. The van der Waals surface area contributed by atoms with Gasteiger partial charge in [0.1, 0.15) is 11.3 Å². The van der Waals surface area contributed by atoms with E-state index in [0.717, 1.165) is 11.1 Å². The number of ether oxygens (including phenoxy) is 1. The van der Waals surface area contributed by atoms with E-state index in [1.165, 1.54) is 0 Å². The van der Waals surface area contributed by atoms with Gasteiger partial charge in [0.2, 0.25) is 5.43 Å². The summed E-state index contributed by atoms with van der Waals surface area (Å²) in [6.45, 7) is 3.74. The summed E-state index contributed by atoms with van der Waals surface area (Å²) in [5.41, 5.74) is 2.95. The highest BCUT2D eigenvalue weighted by atomic mass is 35.5. The first kappa shape index (κ1) is 19.0. The molecule has 4 rings (SSSR count). The Labute approximate surface area is 171 Å². The van der Waals surface area contributed by atoms with E-state index in [1.807, 2.05) is 32.0 Å². The van der Waals surface area contributed by atoms with Crippen LogP contribution in [0.3, 0.4) is 0 Å². The average molecular weight is 408 g/mol. The fourth-order valence-electron chi connectivity index (χ4n) is 3.28. The van der Waals surface area contributed by atoms with Crippen LogP contribution in [0.2, 0.25) is 5.02 Å². The minimum absolute atomic E-state index is 0.128. The molecule has 0 aliphatic heterocycles. The molecule has 1 N–H and O–H groups in total. The van der Waals surface area contributed by atoms with Crippen molar-refractivity contribution in [3.05, 3.63) is 81.0 Å². The van der Waals surface area contributed by atoms with Crippen LogP contribution < -0.4 is 15.5 Å². The number of amides is 1. The van der Waals surface area contributed by atoms with Crippen LogP contribution in [0.15, 0.2) is 63.8 Å². The maximum Gasteiger partial charge on any atom is 0.262 e. The molecule has 0 saturated carbocycles. The molecule has 1 amide bonds. The lowest BCUT2D eigenvalue weighted by Crippen LogP contribution is -2.20. The lowest BCUT2D eigenvalue weighted by atomic mass is 10.1. The van der Waals surface area contributed by atoms with Crippen LogP contribution in [0.1, 0.15) is 11.1 Å². The van der Waals surface area contributed by atoms with E-state index in [0.29, 0.717) is 38.4 Å². The zero-order valence-corrected chi connectivity index (χ0v) is 16.7. The highest BCUT2D eigenvalue weighted by Crippen LogP contribution is 2.27. The van der Waals surface area contributed by atoms with Crippen LogP contribution in [-0.4, -0.2) is 12.5 Å². The van der Waals surface area contributed by atoms with Crippen molar-refractivity contribution in [3.8, 4) is 5.75 Å². The van der Waals surface area contributed by atoms with Crippen molar-refractivity contribution in [2.75, 3.05) is 11.9 Å². The summed E-state index contributed by atoms with van der Waals surface area (Å²) >= 11 is 6.16. The van der Waals surface area contributed by atoms with Crippen molar-refractivity contribution in [1.82, 2.24) is 0 Å². The minimum atomic E-state index is -0.312. The van der Waals surface area contributed by atoms with E-state index in [-0.39, 0.29) is 17.9 Å². The zero-order valence-electron chi connectivity index (χ0n) is 15.9. The van der Waals surface area contributed by atoms with Gasteiger partial charge in [-0.25, -0.2) is 0 Å². The van der Waals surface area contributed by atoms with Crippen molar-refractivity contribution in [3.63, 3.8) is 0 Å². The van der Waals surface area contributed by atoms with Gasteiger partial charge in [0.25, 0.3) is 5.91 Å². The molecule has 0 radical (unpaired) electrons. The highest BCUT2D eigenvalue weighted by Gasteiger charge is 2.12. The molecule has 146 valence electrons. The van der Waals surface area contributed by atoms with Gasteiger partial charge in [-0.1, -0.05) is 35.9 Å². The second-order valence-electron chi connectivity index (χ2n) is 6.82. The molecule has 0 bridgehead atoms. The van der Waals surface area contributed by atoms with Crippen LogP contribution in [-0.2, 0) is 4.79 Å². The number of aryl methyl sites for hydroxylation is 2. The minimum Gasteiger partial charge on any atom is -0.483 e. The molecule has 0 aliphatic rings. The number of fused-ring (bicyclic) bond motifs is 2. The van der Waals surface area contributed by atoms with Crippen molar-refractivity contribution in [2.45, 2.75) is 13.8 Å². The number of hydrogen-bond acceptors (Lipinski definition) is 4. The van der Waals surface area contributed by atoms with Crippen molar-refractivity contribution in [2.24, 2.45) is 0 Å². The van der Waals surface area contributed by atoms with Crippen LogP contribution in [0.4, 0.5) is 5.69 Å². The third-order valence-corrected chi connectivity index (χ3v) is 4.99. The topological polar surface area (TPSA) is 68.5 Å². The number of rotatable bonds is 4. The van der Waals surface area contributed by atoms with Crippen LogP contribution in [0, 0.1) is 13.8 Å². The second kappa shape index (κ2) is 7.60. The largest absolute Gasteiger partial charge is 0.483 e. The molecule has 29 heavy (non-hydrogen) atoms. The summed E-state index contributed by atoms with van der Waals surface area (Å²) in [5.74, 6) is 0.390. The Bertz CT molecular complexity index is 1290. The number of nitrogens with one attached hydrogen (secondary N) is 1. The molecule has 0 unspecified atom stereocenters. The van der Waals surface area contributed by atoms with Gasteiger partial charge in [0.15, 0.2) is 12.2 Å². The summed E-state index contributed by atoms with van der Waals surface area (Å²) in [5, 5.41) is 3.97. The molecule has 6 heteroatoms. The first-order chi connectivity index (χ1) is 13.9. The SMILES string of the molecule is Cc1cccc(C)c1OCC(=O)Nc1ccc2c(=O)c3cccc(Cl)c3oc2c1. The predicted molar refractivity (Wildman–Crippen MR) is 115 cm³/mol. The van der Waals surface area contributed by atoms with E-state index in [1.54, 1.807) is 36.4 Å². The number of para-hydroxylation sites is 2. The first-order valence-corrected chi connectivity index (χ1v) is 9.46. The Hall–Kier alpha value is -3.31. The monoisotopic (exact) mass is 407 g/mol. The normalized spacial score (nSPS) is 11.0. The molecule has 0 aliphatic carbocycles. The molecule has 5 nitrogen and oxygen atoms in total. The molecule has 0 atom stereocenters. The molecule has 4 aromatic rings. The number of carbonyl (C=O) groups is 1. The zero-order chi connectivity index (χ0) is 20.5. The molecule has 0 spiro atoms. The van der Waals surface area contributed by atoms with Crippen LogP contribution in [0.25, 0.3) is 21.9 Å². The van der Waals surface area contributed by atoms with E-state index >= 15 is 0 Å². The fourth-order valence-corrected chi connectivity index (χ4v) is 3.49. The number of hydrogen-bond donors (Lipinski definition) is 1. The summed E-state index contributed by atoms with van der Waals surface area (Å²) in [7, 11) is 0. The molecule has 0 fully saturated rings.